The zero-order valence-electron chi connectivity index (χ0n) is 24.8. The number of anilines is 1. The molecule has 1 aliphatic heterocycles. The Morgan fingerprint density at radius 2 is 1.72 bits per heavy atom. The predicted molar refractivity (Wildman–Crippen MR) is 164 cm³/mol. The van der Waals surface area contributed by atoms with Gasteiger partial charge in [0, 0.05) is 12.6 Å². The topological polar surface area (TPSA) is 103 Å². The van der Waals surface area contributed by atoms with Crippen LogP contribution in [0.4, 0.5) is 5.69 Å². The van der Waals surface area contributed by atoms with Gasteiger partial charge in [-0.3, -0.25) is 9.59 Å². The smallest absolute Gasteiger partial charge is 0.329 e. The fraction of sp³-hybridized carbons (Fsp3) is 0.324. The molecule has 0 saturated carbocycles. The summed E-state index contributed by atoms with van der Waals surface area (Å²) in [5.74, 6) is 0.461. The number of amides is 2. The first kappa shape index (κ1) is 31.2. The fourth-order valence-electron chi connectivity index (χ4n) is 5.21. The number of piperidine rings is 1. The molecule has 0 bridgehead atoms. The summed E-state index contributed by atoms with van der Waals surface area (Å²) in [6.07, 6.45) is 3.77. The van der Waals surface area contributed by atoms with Crippen molar-refractivity contribution in [2.75, 3.05) is 33.2 Å². The molecular formula is C34H38N2O7. The zero-order valence-corrected chi connectivity index (χ0v) is 24.8. The molecule has 0 radical (unpaired) electrons. The SMILES string of the molecule is C=CC(=O)Nc1cc(OC)ccc1C(=O)N1CCCC[C@H]1C(=O)O[C@H](CCc1ccc(OC)c(OC)c1)c1ccccc1. The quantitative estimate of drug-likeness (QED) is 0.213. The van der Waals surface area contributed by atoms with Crippen LogP contribution in [0.2, 0.25) is 0 Å². The van der Waals surface area contributed by atoms with E-state index in [2.05, 4.69) is 11.9 Å². The van der Waals surface area contributed by atoms with Crippen LogP contribution >= 0.6 is 0 Å². The van der Waals surface area contributed by atoms with E-state index in [9.17, 15) is 14.4 Å². The zero-order chi connectivity index (χ0) is 30.8. The Kier molecular flexibility index (Phi) is 10.8. The minimum absolute atomic E-state index is 0.253. The Balaban J connectivity index is 1.56. The van der Waals surface area contributed by atoms with E-state index in [-0.39, 0.29) is 17.2 Å². The van der Waals surface area contributed by atoms with E-state index in [0.29, 0.717) is 43.1 Å². The van der Waals surface area contributed by atoms with E-state index in [1.165, 1.54) is 7.11 Å². The molecule has 9 nitrogen and oxygen atoms in total. The normalized spacial score (nSPS) is 15.1. The van der Waals surface area contributed by atoms with Crippen molar-refractivity contribution >= 4 is 23.5 Å². The number of rotatable bonds is 12. The number of likely N-dealkylation sites (tertiary alicyclic amines) is 1. The average Bonchev–Trinajstić information content (AvgIpc) is 3.06. The van der Waals surface area contributed by atoms with Gasteiger partial charge in [0.1, 0.15) is 17.9 Å². The number of hydrogen-bond donors (Lipinski definition) is 1. The molecule has 1 aliphatic rings. The highest BCUT2D eigenvalue weighted by Crippen LogP contribution is 2.32. The Morgan fingerprint density at radius 1 is 0.953 bits per heavy atom. The number of aryl methyl sites for hydroxylation is 1. The number of carbonyl (C=O) groups excluding carboxylic acids is 3. The number of nitrogens with one attached hydrogen (secondary N) is 1. The number of methoxy groups -OCH3 is 3. The molecule has 3 aromatic carbocycles. The lowest BCUT2D eigenvalue weighted by atomic mass is 9.98. The highest BCUT2D eigenvalue weighted by atomic mass is 16.5. The summed E-state index contributed by atoms with van der Waals surface area (Å²) >= 11 is 0. The van der Waals surface area contributed by atoms with Crippen LogP contribution in [0.15, 0.2) is 79.4 Å². The van der Waals surface area contributed by atoms with Gasteiger partial charge in [0.2, 0.25) is 5.91 Å². The van der Waals surface area contributed by atoms with Crippen LogP contribution in [-0.2, 0) is 20.7 Å². The molecular weight excluding hydrogens is 548 g/mol. The number of hydrogen-bond acceptors (Lipinski definition) is 7. The third-order valence-corrected chi connectivity index (χ3v) is 7.51. The fourth-order valence-corrected chi connectivity index (χ4v) is 5.21. The maximum absolute atomic E-state index is 13.9. The summed E-state index contributed by atoms with van der Waals surface area (Å²) in [5, 5.41) is 2.68. The molecule has 0 aliphatic carbocycles. The van der Waals surface area contributed by atoms with Crippen LogP contribution in [0.25, 0.3) is 0 Å². The second-order valence-electron chi connectivity index (χ2n) is 10.2. The van der Waals surface area contributed by atoms with Crippen molar-refractivity contribution in [1.29, 1.82) is 0 Å². The summed E-state index contributed by atoms with van der Waals surface area (Å²) in [6, 6.07) is 19.4. The minimum Gasteiger partial charge on any atom is -0.497 e. The van der Waals surface area contributed by atoms with Crippen molar-refractivity contribution in [3.8, 4) is 17.2 Å². The molecule has 1 saturated heterocycles. The Bertz CT molecular complexity index is 1440. The van der Waals surface area contributed by atoms with Gasteiger partial charge in [-0.25, -0.2) is 4.79 Å². The highest BCUT2D eigenvalue weighted by Gasteiger charge is 2.36. The van der Waals surface area contributed by atoms with E-state index in [1.54, 1.807) is 37.3 Å². The molecule has 0 unspecified atom stereocenters. The van der Waals surface area contributed by atoms with Crippen molar-refractivity contribution < 1.29 is 33.3 Å². The molecule has 2 atom stereocenters. The molecule has 226 valence electrons. The Labute approximate surface area is 252 Å². The van der Waals surface area contributed by atoms with Gasteiger partial charge in [0.15, 0.2) is 11.5 Å². The molecule has 0 aromatic heterocycles. The number of esters is 1. The van der Waals surface area contributed by atoms with Crippen molar-refractivity contribution in [3.63, 3.8) is 0 Å². The third kappa shape index (κ3) is 7.74. The van der Waals surface area contributed by atoms with Crippen molar-refractivity contribution in [3.05, 3.63) is 96.1 Å². The van der Waals surface area contributed by atoms with Gasteiger partial charge < -0.3 is 29.2 Å². The minimum atomic E-state index is -0.765. The summed E-state index contributed by atoms with van der Waals surface area (Å²) < 4.78 is 22.3. The van der Waals surface area contributed by atoms with Gasteiger partial charge in [0.25, 0.3) is 5.91 Å². The first-order valence-electron chi connectivity index (χ1n) is 14.3. The Hall–Kier alpha value is -4.79. The summed E-state index contributed by atoms with van der Waals surface area (Å²) in [5.41, 5.74) is 2.42. The summed E-state index contributed by atoms with van der Waals surface area (Å²) in [6.45, 7) is 3.88. The van der Waals surface area contributed by atoms with E-state index in [4.69, 9.17) is 18.9 Å². The maximum atomic E-state index is 13.9. The van der Waals surface area contributed by atoms with E-state index >= 15 is 0 Å². The molecule has 43 heavy (non-hydrogen) atoms. The molecule has 3 aromatic rings. The van der Waals surface area contributed by atoms with Crippen LogP contribution in [0.3, 0.4) is 0 Å². The van der Waals surface area contributed by atoms with Crippen LogP contribution < -0.4 is 19.5 Å². The average molecular weight is 587 g/mol. The Morgan fingerprint density at radius 3 is 2.42 bits per heavy atom. The van der Waals surface area contributed by atoms with Gasteiger partial charge >= 0.3 is 5.97 Å². The van der Waals surface area contributed by atoms with Crippen LogP contribution in [0.5, 0.6) is 17.2 Å². The van der Waals surface area contributed by atoms with E-state index in [1.807, 2.05) is 48.5 Å². The standard InChI is InChI=1S/C34H38N2O7/c1-5-32(37)35-27-22-25(40-2)16-17-26(27)33(38)36-20-10-9-13-28(36)34(39)43-29(24-11-7-6-8-12-24)18-14-23-15-19-30(41-3)31(21-23)42-4/h5-8,11-12,15-17,19,21-22,28-29H,1,9-10,13-14,18,20H2,2-4H3,(H,35,37)/t28-,29+/m0/s1. The second-order valence-corrected chi connectivity index (χ2v) is 10.2. The number of carbonyl (C=O) groups is 3. The monoisotopic (exact) mass is 586 g/mol. The van der Waals surface area contributed by atoms with Gasteiger partial charge in [-0.05, 0) is 73.6 Å². The summed E-state index contributed by atoms with van der Waals surface area (Å²) in [7, 11) is 4.69. The van der Waals surface area contributed by atoms with Gasteiger partial charge in [0.05, 0.1) is 32.6 Å². The number of benzene rings is 3. The van der Waals surface area contributed by atoms with Crippen LogP contribution in [0.1, 0.15) is 53.3 Å². The first-order chi connectivity index (χ1) is 20.9. The second kappa shape index (κ2) is 14.9. The lowest BCUT2D eigenvalue weighted by Crippen LogP contribution is -2.49. The molecule has 9 heteroatoms. The maximum Gasteiger partial charge on any atom is 0.329 e. The predicted octanol–water partition coefficient (Wildman–Crippen LogP) is 5.75. The van der Waals surface area contributed by atoms with Gasteiger partial charge in [-0.2, -0.15) is 0 Å². The van der Waals surface area contributed by atoms with E-state index < -0.39 is 24.0 Å². The summed E-state index contributed by atoms with van der Waals surface area (Å²) in [4.78, 5) is 41.3. The van der Waals surface area contributed by atoms with Crippen molar-refractivity contribution in [2.45, 2.75) is 44.2 Å². The van der Waals surface area contributed by atoms with E-state index in [0.717, 1.165) is 30.0 Å². The number of nitrogens with zero attached hydrogens (tertiary/aromatic N) is 1. The number of ether oxygens (including phenoxy) is 4. The molecule has 2 amide bonds. The lowest BCUT2D eigenvalue weighted by Gasteiger charge is -2.35. The molecule has 4 rings (SSSR count). The first-order valence-corrected chi connectivity index (χ1v) is 14.3. The third-order valence-electron chi connectivity index (χ3n) is 7.51. The molecule has 0 spiro atoms. The lowest BCUT2D eigenvalue weighted by molar-refractivity contribution is -0.156. The van der Waals surface area contributed by atoms with Gasteiger partial charge in [-0.1, -0.05) is 43.0 Å². The van der Waals surface area contributed by atoms with Crippen LogP contribution in [-0.4, -0.2) is 56.6 Å². The van der Waals surface area contributed by atoms with Crippen molar-refractivity contribution in [1.82, 2.24) is 4.90 Å². The molecule has 1 heterocycles. The van der Waals surface area contributed by atoms with Crippen LogP contribution in [0, 0.1) is 0 Å². The highest BCUT2D eigenvalue weighted by molar-refractivity contribution is 6.07. The molecule has 1 fully saturated rings. The van der Waals surface area contributed by atoms with Gasteiger partial charge in [-0.15, -0.1) is 0 Å². The molecule has 1 N–H and O–H groups in total. The largest absolute Gasteiger partial charge is 0.497 e. The van der Waals surface area contributed by atoms with Crippen molar-refractivity contribution in [2.24, 2.45) is 0 Å².